The maximum Gasteiger partial charge on any atom is 0.231 e. The normalized spacial score (nSPS) is 19.1. The molecule has 4 N–H and O–H groups in total. The van der Waals surface area contributed by atoms with Gasteiger partial charge >= 0.3 is 0 Å². The highest BCUT2D eigenvalue weighted by atomic mass is 16.5. The summed E-state index contributed by atoms with van der Waals surface area (Å²) in [7, 11) is 0. The van der Waals surface area contributed by atoms with Crippen LogP contribution >= 0.6 is 0 Å². The van der Waals surface area contributed by atoms with Crippen LogP contribution in [0.25, 0.3) is 0 Å². The van der Waals surface area contributed by atoms with Crippen molar-refractivity contribution in [3.8, 4) is 0 Å². The molecule has 1 fully saturated rings. The summed E-state index contributed by atoms with van der Waals surface area (Å²) in [5, 5.41) is 14.5. The summed E-state index contributed by atoms with van der Waals surface area (Å²) in [6.07, 6.45) is 0.882. The highest BCUT2D eigenvalue weighted by Crippen LogP contribution is 2.11. The third-order valence-corrected chi connectivity index (χ3v) is 3.44. The molecule has 116 valence electrons. The first-order chi connectivity index (χ1) is 9.56. The summed E-state index contributed by atoms with van der Waals surface area (Å²) in [5.74, 6) is -0.809. The van der Waals surface area contributed by atoms with Gasteiger partial charge in [0.05, 0.1) is 13.2 Å². The molecular weight excluding hydrogens is 260 g/mol. The van der Waals surface area contributed by atoms with Gasteiger partial charge in [-0.15, -0.1) is 0 Å². The first-order valence-electron chi connectivity index (χ1n) is 7.11. The van der Waals surface area contributed by atoms with Gasteiger partial charge in [-0.25, -0.2) is 0 Å². The fraction of sp³-hybridized carbons (Fsp3) is 0.846. The molecule has 1 unspecified atom stereocenters. The second-order valence-electron chi connectivity index (χ2n) is 5.35. The molecule has 0 aromatic carbocycles. The second-order valence-corrected chi connectivity index (χ2v) is 5.35. The van der Waals surface area contributed by atoms with Crippen molar-refractivity contribution in [2.24, 2.45) is 22.7 Å². The van der Waals surface area contributed by atoms with Gasteiger partial charge in [0, 0.05) is 19.6 Å². The minimum absolute atomic E-state index is 0.00913. The number of nitrogens with zero attached hydrogens (tertiary/aromatic N) is 2. The molecule has 20 heavy (non-hydrogen) atoms. The third-order valence-electron chi connectivity index (χ3n) is 3.44. The van der Waals surface area contributed by atoms with Crippen LogP contribution in [0.15, 0.2) is 5.16 Å². The molecule has 0 spiro atoms. The molecular formula is C13H26N4O3. The second kappa shape index (κ2) is 8.76. The Kier molecular flexibility index (Phi) is 7.32. The SMILES string of the molecule is CC(C)C(C(=O)NCCCN1CCOCC1)C(N)=NO. The number of ether oxygens (including phenoxy) is 1. The van der Waals surface area contributed by atoms with Crippen molar-refractivity contribution in [3.05, 3.63) is 0 Å². The van der Waals surface area contributed by atoms with Crippen LogP contribution in [0.1, 0.15) is 20.3 Å². The van der Waals surface area contributed by atoms with Gasteiger partial charge in [-0.05, 0) is 18.9 Å². The largest absolute Gasteiger partial charge is 0.409 e. The van der Waals surface area contributed by atoms with Crippen LogP contribution in [0.3, 0.4) is 0 Å². The average molecular weight is 286 g/mol. The van der Waals surface area contributed by atoms with Crippen molar-refractivity contribution in [3.63, 3.8) is 0 Å². The molecule has 0 radical (unpaired) electrons. The van der Waals surface area contributed by atoms with Crippen molar-refractivity contribution in [2.75, 3.05) is 39.4 Å². The van der Waals surface area contributed by atoms with Crippen LogP contribution < -0.4 is 11.1 Å². The van der Waals surface area contributed by atoms with Gasteiger partial charge < -0.3 is 21.0 Å². The van der Waals surface area contributed by atoms with Crippen molar-refractivity contribution in [2.45, 2.75) is 20.3 Å². The number of hydrogen-bond acceptors (Lipinski definition) is 5. The topological polar surface area (TPSA) is 100 Å². The van der Waals surface area contributed by atoms with Gasteiger partial charge in [0.15, 0.2) is 5.84 Å². The predicted octanol–water partition coefficient (Wildman–Crippen LogP) is -0.156. The zero-order valence-electron chi connectivity index (χ0n) is 12.3. The molecule has 0 aliphatic carbocycles. The van der Waals surface area contributed by atoms with E-state index in [0.29, 0.717) is 6.54 Å². The number of carbonyl (C=O) groups excluding carboxylic acids is 1. The van der Waals surface area contributed by atoms with Gasteiger partial charge in [-0.1, -0.05) is 19.0 Å². The van der Waals surface area contributed by atoms with E-state index in [0.717, 1.165) is 39.3 Å². The summed E-state index contributed by atoms with van der Waals surface area (Å²) in [6, 6.07) is 0. The number of amidine groups is 1. The van der Waals surface area contributed by atoms with Crippen molar-refractivity contribution in [1.29, 1.82) is 0 Å². The highest BCUT2D eigenvalue weighted by molar-refractivity contribution is 6.02. The third kappa shape index (κ3) is 5.34. The number of nitrogens with two attached hydrogens (primary N) is 1. The molecule has 1 heterocycles. The minimum Gasteiger partial charge on any atom is -0.409 e. The standard InChI is InChI=1S/C13H26N4O3/c1-10(2)11(12(14)16-19)13(18)15-4-3-5-17-6-8-20-9-7-17/h10-11,19H,3-9H2,1-2H3,(H2,14,16)(H,15,18). The van der Waals surface area contributed by atoms with E-state index in [1.165, 1.54) is 0 Å². The average Bonchev–Trinajstić information content (AvgIpc) is 2.44. The van der Waals surface area contributed by atoms with E-state index in [1.54, 1.807) is 0 Å². The number of amides is 1. The number of nitrogens with one attached hydrogen (secondary N) is 1. The Bertz CT molecular complexity index is 328. The molecule has 0 saturated carbocycles. The van der Waals surface area contributed by atoms with Crippen molar-refractivity contribution in [1.82, 2.24) is 10.2 Å². The maximum absolute atomic E-state index is 12.0. The lowest BCUT2D eigenvalue weighted by molar-refractivity contribution is -0.124. The molecule has 1 aliphatic heterocycles. The van der Waals surface area contributed by atoms with Crippen LogP contribution in [0, 0.1) is 11.8 Å². The Morgan fingerprint density at radius 2 is 2.10 bits per heavy atom. The molecule has 1 aliphatic rings. The molecule has 0 aromatic rings. The Balaban J connectivity index is 2.27. The number of hydrogen-bond donors (Lipinski definition) is 3. The molecule has 0 aromatic heterocycles. The first-order valence-corrected chi connectivity index (χ1v) is 7.11. The van der Waals surface area contributed by atoms with Gasteiger partial charge in [0.2, 0.25) is 5.91 Å². The lowest BCUT2D eigenvalue weighted by atomic mass is 9.94. The zero-order chi connectivity index (χ0) is 15.0. The fourth-order valence-corrected chi connectivity index (χ4v) is 2.29. The van der Waals surface area contributed by atoms with E-state index >= 15 is 0 Å². The summed E-state index contributed by atoms with van der Waals surface area (Å²) < 4.78 is 5.28. The van der Waals surface area contributed by atoms with Crippen molar-refractivity contribution < 1.29 is 14.7 Å². The molecule has 1 amide bonds. The molecule has 0 bridgehead atoms. The van der Waals surface area contributed by atoms with E-state index < -0.39 is 5.92 Å². The zero-order valence-corrected chi connectivity index (χ0v) is 12.3. The highest BCUT2D eigenvalue weighted by Gasteiger charge is 2.26. The Morgan fingerprint density at radius 3 is 2.65 bits per heavy atom. The van der Waals surface area contributed by atoms with Crippen LogP contribution in [0.4, 0.5) is 0 Å². The fourth-order valence-electron chi connectivity index (χ4n) is 2.29. The van der Waals surface area contributed by atoms with E-state index in [4.69, 9.17) is 15.7 Å². The van der Waals surface area contributed by atoms with Crippen molar-refractivity contribution >= 4 is 11.7 Å². The van der Waals surface area contributed by atoms with E-state index in [1.807, 2.05) is 13.8 Å². The Hall–Kier alpha value is -1.34. The summed E-state index contributed by atoms with van der Waals surface area (Å²) in [6.45, 7) is 8.75. The summed E-state index contributed by atoms with van der Waals surface area (Å²) in [5.41, 5.74) is 5.56. The van der Waals surface area contributed by atoms with E-state index in [9.17, 15) is 4.79 Å². The number of morpholine rings is 1. The Morgan fingerprint density at radius 1 is 1.45 bits per heavy atom. The van der Waals surface area contributed by atoms with E-state index in [2.05, 4.69) is 15.4 Å². The first kappa shape index (κ1) is 16.7. The van der Waals surface area contributed by atoms with Gasteiger partial charge in [-0.2, -0.15) is 0 Å². The smallest absolute Gasteiger partial charge is 0.231 e. The van der Waals surface area contributed by atoms with Crippen LogP contribution in [-0.2, 0) is 9.53 Å². The molecule has 1 rings (SSSR count). The van der Waals surface area contributed by atoms with Gasteiger partial charge in [0.1, 0.15) is 5.92 Å². The predicted molar refractivity (Wildman–Crippen MR) is 76.6 cm³/mol. The molecule has 1 atom stereocenters. The molecule has 1 saturated heterocycles. The summed E-state index contributed by atoms with van der Waals surface area (Å²) in [4.78, 5) is 14.3. The quantitative estimate of drug-likeness (QED) is 0.199. The van der Waals surface area contributed by atoms with Crippen LogP contribution in [0.5, 0.6) is 0 Å². The van der Waals surface area contributed by atoms with Crippen LogP contribution in [0.2, 0.25) is 0 Å². The summed E-state index contributed by atoms with van der Waals surface area (Å²) >= 11 is 0. The van der Waals surface area contributed by atoms with Gasteiger partial charge in [-0.3, -0.25) is 9.69 Å². The molecule has 7 heteroatoms. The van der Waals surface area contributed by atoms with Gasteiger partial charge in [0.25, 0.3) is 0 Å². The molecule has 7 nitrogen and oxygen atoms in total. The lowest BCUT2D eigenvalue weighted by Crippen LogP contribution is -2.43. The lowest BCUT2D eigenvalue weighted by Gasteiger charge is -2.26. The minimum atomic E-state index is -0.580. The maximum atomic E-state index is 12.0. The number of oxime groups is 1. The number of rotatable bonds is 7. The number of carbonyl (C=O) groups is 1. The Labute approximate surface area is 120 Å². The monoisotopic (exact) mass is 286 g/mol. The van der Waals surface area contributed by atoms with Crippen LogP contribution in [-0.4, -0.2) is 61.2 Å². The van der Waals surface area contributed by atoms with E-state index in [-0.39, 0.29) is 17.7 Å².